The van der Waals surface area contributed by atoms with E-state index in [1.807, 2.05) is 18.2 Å². The third-order valence-electron chi connectivity index (χ3n) is 2.44. The number of fused-ring (bicyclic) bond motifs is 1. The van der Waals surface area contributed by atoms with Gasteiger partial charge in [0.2, 0.25) is 0 Å². The summed E-state index contributed by atoms with van der Waals surface area (Å²) >= 11 is 0. The van der Waals surface area contributed by atoms with Crippen molar-refractivity contribution in [3.8, 4) is 0 Å². The zero-order valence-corrected chi connectivity index (χ0v) is 8.64. The predicted molar refractivity (Wildman–Crippen MR) is 57.6 cm³/mol. The first-order valence-corrected chi connectivity index (χ1v) is 4.69. The van der Waals surface area contributed by atoms with E-state index in [0.29, 0.717) is 0 Å². The number of H-pyrrole nitrogens is 2. The minimum Gasteiger partial charge on any atom is -0.298 e. The predicted octanol–water partition coefficient (Wildman–Crippen LogP) is 2.15. The lowest BCUT2D eigenvalue weighted by atomic mass is 9.86. The van der Waals surface area contributed by atoms with Gasteiger partial charge in [0.1, 0.15) is 0 Å². The van der Waals surface area contributed by atoms with Gasteiger partial charge in [0.05, 0.1) is 10.9 Å². The monoisotopic (exact) mass is 190 g/mol. The highest BCUT2D eigenvalue weighted by atomic mass is 16.1. The average Bonchev–Trinajstić information content (AvgIpc) is 2.46. The standard InChI is InChI=1S/C11H14N2O/c1-11(2,3)7-4-5-9-8(6-7)10(14)13-12-9/h4-6H,1-3H3,(H2,12,13,14). The second-order valence-electron chi connectivity index (χ2n) is 4.59. The van der Waals surface area contributed by atoms with Gasteiger partial charge in [0.15, 0.2) is 0 Å². The molecule has 2 aromatic rings. The lowest BCUT2D eigenvalue weighted by Gasteiger charge is -2.18. The molecule has 14 heavy (non-hydrogen) atoms. The van der Waals surface area contributed by atoms with Crippen LogP contribution in [-0.4, -0.2) is 10.2 Å². The molecule has 0 bridgehead atoms. The molecule has 2 N–H and O–H groups in total. The molecule has 3 heteroatoms. The second-order valence-corrected chi connectivity index (χ2v) is 4.59. The molecule has 0 fully saturated rings. The van der Waals surface area contributed by atoms with E-state index in [4.69, 9.17) is 0 Å². The van der Waals surface area contributed by atoms with Crippen LogP contribution in [0.1, 0.15) is 26.3 Å². The zero-order valence-electron chi connectivity index (χ0n) is 8.64. The van der Waals surface area contributed by atoms with E-state index < -0.39 is 0 Å². The maximum atomic E-state index is 11.4. The molecule has 1 aromatic carbocycles. The molecule has 2 rings (SSSR count). The minimum absolute atomic E-state index is 0.0499. The third kappa shape index (κ3) is 1.35. The number of benzene rings is 1. The third-order valence-corrected chi connectivity index (χ3v) is 2.44. The first-order valence-electron chi connectivity index (χ1n) is 4.69. The van der Waals surface area contributed by atoms with Gasteiger partial charge in [0.25, 0.3) is 5.56 Å². The summed E-state index contributed by atoms with van der Waals surface area (Å²) in [5.41, 5.74) is 2.07. The Kier molecular flexibility index (Phi) is 1.77. The Morgan fingerprint density at radius 2 is 1.86 bits per heavy atom. The molecule has 3 nitrogen and oxygen atoms in total. The number of rotatable bonds is 0. The van der Waals surface area contributed by atoms with Crippen molar-refractivity contribution in [3.63, 3.8) is 0 Å². The van der Waals surface area contributed by atoms with E-state index in [1.165, 1.54) is 5.56 Å². The first-order chi connectivity index (χ1) is 6.48. The zero-order chi connectivity index (χ0) is 10.3. The highest BCUT2D eigenvalue weighted by Crippen LogP contribution is 2.23. The SMILES string of the molecule is CC(C)(C)c1ccc2[nH][nH]c(=O)c2c1. The van der Waals surface area contributed by atoms with E-state index in [0.717, 1.165) is 10.9 Å². The summed E-state index contributed by atoms with van der Waals surface area (Å²) < 4.78 is 0. The van der Waals surface area contributed by atoms with E-state index in [1.54, 1.807) is 0 Å². The van der Waals surface area contributed by atoms with Crippen LogP contribution in [0.25, 0.3) is 10.9 Å². The smallest absolute Gasteiger partial charge is 0.271 e. The summed E-state index contributed by atoms with van der Waals surface area (Å²) in [6.45, 7) is 6.40. The van der Waals surface area contributed by atoms with E-state index in [9.17, 15) is 4.79 Å². The number of hydrogen-bond donors (Lipinski definition) is 2. The Morgan fingerprint density at radius 1 is 1.14 bits per heavy atom. The van der Waals surface area contributed by atoms with Crippen LogP contribution < -0.4 is 5.56 Å². The molecule has 0 unspecified atom stereocenters. The molecule has 0 radical (unpaired) electrons. The Labute approximate surface area is 82.1 Å². The maximum Gasteiger partial charge on any atom is 0.271 e. The van der Waals surface area contributed by atoms with Crippen LogP contribution in [0, 0.1) is 0 Å². The van der Waals surface area contributed by atoms with Crippen LogP contribution in [-0.2, 0) is 5.41 Å². The molecule has 74 valence electrons. The van der Waals surface area contributed by atoms with Crippen LogP contribution in [0.2, 0.25) is 0 Å². The van der Waals surface area contributed by atoms with E-state index >= 15 is 0 Å². The van der Waals surface area contributed by atoms with Gasteiger partial charge in [-0.1, -0.05) is 26.8 Å². The lowest BCUT2D eigenvalue weighted by molar-refractivity contribution is 0.591. The maximum absolute atomic E-state index is 11.4. The van der Waals surface area contributed by atoms with Crippen LogP contribution >= 0.6 is 0 Å². The summed E-state index contributed by atoms with van der Waals surface area (Å²) in [5, 5.41) is 6.14. The summed E-state index contributed by atoms with van der Waals surface area (Å²) in [7, 11) is 0. The fourth-order valence-electron chi connectivity index (χ4n) is 1.50. The van der Waals surface area contributed by atoms with Crippen molar-refractivity contribution in [3.05, 3.63) is 34.1 Å². The molecule has 0 saturated heterocycles. The van der Waals surface area contributed by atoms with Crippen LogP contribution in [0.15, 0.2) is 23.0 Å². The molecular weight excluding hydrogens is 176 g/mol. The van der Waals surface area contributed by atoms with Gasteiger partial charge >= 0.3 is 0 Å². The van der Waals surface area contributed by atoms with Crippen LogP contribution in [0.3, 0.4) is 0 Å². The summed E-state index contributed by atoms with van der Waals surface area (Å²) in [6, 6.07) is 5.94. The molecule has 0 aliphatic carbocycles. The summed E-state index contributed by atoms with van der Waals surface area (Å²) in [5.74, 6) is 0. The highest BCUT2D eigenvalue weighted by Gasteiger charge is 2.14. The van der Waals surface area contributed by atoms with Crippen molar-refractivity contribution < 1.29 is 0 Å². The number of nitrogens with one attached hydrogen (secondary N) is 2. The molecule has 0 spiro atoms. The first kappa shape index (κ1) is 9.06. The van der Waals surface area contributed by atoms with Crippen molar-refractivity contribution in [2.45, 2.75) is 26.2 Å². The summed E-state index contributed by atoms with van der Waals surface area (Å²) in [4.78, 5) is 11.4. The van der Waals surface area contributed by atoms with E-state index in [2.05, 4.69) is 31.0 Å². The Hall–Kier alpha value is -1.51. The fourth-order valence-corrected chi connectivity index (χ4v) is 1.50. The topological polar surface area (TPSA) is 48.6 Å². The molecule has 0 aliphatic heterocycles. The van der Waals surface area contributed by atoms with Crippen molar-refractivity contribution in [1.29, 1.82) is 0 Å². The van der Waals surface area contributed by atoms with Gasteiger partial charge < -0.3 is 0 Å². The Morgan fingerprint density at radius 3 is 2.50 bits per heavy atom. The van der Waals surface area contributed by atoms with Crippen LogP contribution in [0.4, 0.5) is 0 Å². The second kappa shape index (κ2) is 2.74. The van der Waals surface area contributed by atoms with Gasteiger partial charge in [-0.25, -0.2) is 0 Å². The number of hydrogen-bond acceptors (Lipinski definition) is 1. The minimum atomic E-state index is -0.0499. The summed E-state index contributed by atoms with van der Waals surface area (Å²) in [6.07, 6.45) is 0. The number of aromatic amines is 2. The van der Waals surface area contributed by atoms with Gasteiger partial charge in [-0.3, -0.25) is 15.0 Å². The molecule has 0 atom stereocenters. The molecule has 0 aliphatic rings. The lowest BCUT2D eigenvalue weighted by Crippen LogP contribution is -2.11. The largest absolute Gasteiger partial charge is 0.298 e. The van der Waals surface area contributed by atoms with Gasteiger partial charge in [-0.15, -0.1) is 0 Å². The van der Waals surface area contributed by atoms with Crippen molar-refractivity contribution in [2.24, 2.45) is 0 Å². The molecule has 1 heterocycles. The van der Waals surface area contributed by atoms with Gasteiger partial charge in [0, 0.05) is 0 Å². The van der Waals surface area contributed by atoms with Gasteiger partial charge in [-0.05, 0) is 23.1 Å². The number of aromatic nitrogens is 2. The average molecular weight is 190 g/mol. The molecule has 0 amide bonds. The Balaban J connectivity index is 2.72. The quantitative estimate of drug-likeness (QED) is 0.657. The van der Waals surface area contributed by atoms with Gasteiger partial charge in [-0.2, -0.15) is 0 Å². The van der Waals surface area contributed by atoms with Crippen molar-refractivity contribution >= 4 is 10.9 Å². The van der Waals surface area contributed by atoms with Crippen LogP contribution in [0.5, 0.6) is 0 Å². The molecule has 0 saturated carbocycles. The fraction of sp³-hybridized carbons (Fsp3) is 0.364. The normalized spacial score (nSPS) is 12.2. The Bertz CT molecular complexity index is 514. The van der Waals surface area contributed by atoms with E-state index in [-0.39, 0.29) is 11.0 Å². The van der Waals surface area contributed by atoms with Crippen molar-refractivity contribution in [1.82, 2.24) is 10.2 Å². The molecule has 1 aromatic heterocycles. The highest BCUT2D eigenvalue weighted by molar-refractivity contribution is 5.78. The molecular formula is C11H14N2O. The van der Waals surface area contributed by atoms with Crippen molar-refractivity contribution in [2.75, 3.05) is 0 Å².